The van der Waals surface area contributed by atoms with Crippen molar-refractivity contribution < 1.29 is 14.3 Å². The smallest absolute Gasteiger partial charge is 0.325 e. The summed E-state index contributed by atoms with van der Waals surface area (Å²) in [6, 6.07) is 7.33. The predicted octanol–water partition coefficient (Wildman–Crippen LogP) is 2.30. The van der Waals surface area contributed by atoms with Gasteiger partial charge in [0.05, 0.1) is 7.11 Å². The first-order chi connectivity index (χ1) is 12.8. The van der Waals surface area contributed by atoms with Crippen LogP contribution in [-0.2, 0) is 11.8 Å². The number of carbonyl (C=O) groups excluding carboxylic acids is 2. The highest BCUT2D eigenvalue weighted by Crippen LogP contribution is 2.25. The summed E-state index contributed by atoms with van der Waals surface area (Å²) in [6.07, 6.45) is 0.685. The Morgan fingerprint density at radius 2 is 1.89 bits per heavy atom. The Balaban J connectivity index is 1.56. The topological polar surface area (TPSA) is 89.4 Å². The van der Waals surface area contributed by atoms with E-state index in [0.717, 1.165) is 28.0 Å². The molecule has 1 aliphatic rings. The third kappa shape index (κ3) is 3.92. The lowest BCUT2D eigenvalue weighted by Crippen LogP contribution is -2.40. The van der Waals surface area contributed by atoms with E-state index in [2.05, 4.69) is 15.5 Å². The van der Waals surface area contributed by atoms with E-state index in [1.165, 1.54) is 4.90 Å². The van der Waals surface area contributed by atoms with Gasteiger partial charge in [0, 0.05) is 24.9 Å². The Labute approximate surface area is 162 Å². The fraction of sp³-hybridized carbons (Fsp3) is 0.444. The van der Waals surface area contributed by atoms with Gasteiger partial charge in [-0.25, -0.2) is 4.79 Å². The summed E-state index contributed by atoms with van der Waals surface area (Å²) in [5.74, 6) is 2.11. The number of hydrogen-bond acceptors (Lipinski definition) is 6. The van der Waals surface area contributed by atoms with Crippen molar-refractivity contribution >= 4 is 23.7 Å². The quantitative estimate of drug-likeness (QED) is 0.444. The van der Waals surface area contributed by atoms with E-state index in [1.807, 2.05) is 35.9 Å². The first-order valence-corrected chi connectivity index (χ1v) is 9.63. The molecule has 1 aliphatic heterocycles. The minimum Gasteiger partial charge on any atom is -0.497 e. The van der Waals surface area contributed by atoms with Crippen molar-refractivity contribution in [3.05, 3.63) is 24.3 Å². The van der Waals surface area contributed by atoms with Crippen molar-refractivity contribution in [2.24, 2.45) is 7.05 Å². The summed E-state index contributed by atoms with van der Waals surface area (Å²) >= 11 is 1.55. The maximum absolute atomic E-state index is 12.2. The number of nitrogens with one attached hydrogen (secondary N) is 1. The van der Waals surface area contributed by atoms with Crippen LogP contribution in [0.5, 0.6) is 5.75 Å². The summed E-state index contributed by atoms with van der Waals surface area (Å²) in [4.78, 5) is 25.3. The van der Waals surface area contributed by atoms with Gasteiger partial charge in [0.1, 0.15) is 11.3 Å². The second kappa shape index (κ2) is 7.59. The fourth-order valence-electron chi connectivity index (χ4n) is 2.84. The highest BCUT2D eigenvalue weighted by Gasteiger charge is 2.43. The molecule has 1 N–H and O–H groups in total. The van der Waals surface area contributed by atoms with Gasteiger partial charge in [-0.2, -0.15) is 0 Å². The molecule has 0 radical (unpaired) electrons. The van der Waals surface area contributed by atoms with Crippen LogP contribution in [0.25, 0.3) is 11.4 Å². The van der Waals surface area contributed by atoms with E-state index in [-0.39, 0.29) is 11.9 Å². The number of aromatic nitrogens is 3. The van der Waals surface area contributed by atoms with Crippen LogP contribution in [-0.4, -0.2) is 56.5 Å². The zero-order chi connectivity index (χ0) is 19.6. The molecule has 9 heteroatoms. The van der Waals surface area contributed by atoms with Crippen molar-refractivity contribution in [2.45, 2.75) is 31.0 Å². The second-order valence-electron chi connectivity index (χ2n) is 6.81. The van der Waals surface area contributed by atoms with Gasteiger partial charge < -0.3 is 14.6 Å². The van der Waals surface area contributed by atoms with Gasteiger partial charge in [-0.3, -0.25) is 9.69 Å². The van der Waals surface area contributed by atoms with Gasteiger partial charge in [0.25, 0.3) is 5.91 Å². The third-order valence-electron chi connectivity index (χ3n) is 4.38. The first-order valence-electron chi connectivity index (χ1n) is 8.64. The molecular formula is C18H23N5O3S. The third-order valence-corrected chi connectivity index (χ3v) is 5.49. The van der Waals surface area contributed by atoms with E-state index in [1.54, 1.807) is 32.7 Å². The molecule has 1 saturated heterocycles. The molecule has 0 unspecified atom stereocenters. The zero-order valence-electron chi connectivity index (χ0n) is 15.9. The maximum Gasteiger partial charge on any atom is 0.325 e. The van der Waals surface area contributed by atoms with Crippen LogP contribution in [0.2, 0.25) is 0 Å². The number of hydrogen-bond donors (Lipinski definition) is 1. The van der Waals surface area contributed by atoms with Crippen molar-refractivity contribution in [3.8, 4) is 17.1 Å². The molecule has 3 amide bonds. The molecule has 3 rings (SSSR count). The number of thioether (sulfide) groups is 1. The minimum atomic E-state index is -0.818. The second-order valence-corrected chi connectivity index (χ2v) is 7.87. The summed E-state index contributed by atoms with van der Waals surface area (Å²) in [6.45, 7) is 3.81. The number of urea groups is 1. The predicted molar refractivity (Wildman–Crippen MR) is 103 cm³/mol. The van der Waals surface area contributed by atoms with E-state index in [9.17, 15) is 9.59 Å². The van der Waals surface area contributed by atoms with E-state index in [4.69, 9.17) is 4.74 Å². The molecule has 2 aromatic rings. The maximum atomic E-state index is 12.2. The van der Waals surface area contributed by atoms with E-state index >= 15 is 0 Å². The summed E-state index contributed by atoms with van der Waals surface area (Å²) in [7, 11) is 3.55. The monoisotopic (exact) mass is 389 g/mol. The van der Waals surface area contributed by atoms with Gasteiger partial charge in [-0.05, 0) is 44.5 Å². The van der Waals surface area contributed by atoms with E-state index in [0.29, 0.717) is 13.0 Å². The largest absolute Gasteiger partial charge is 0.497 e. The molecule has 27 heavy (non-hydrogen) atoms. The Bertz CT molecular complexity index is 847. The Morgan fingerprint density at radius 3 is 2.48 bits per heavy atom. The van der Waals surface area contributed by atoms with Crippen LogP contribution in [0, 0.1) is 0 Å². The lowest BCUT2D eigenvalue weighted by Gasteiger charge is -2.15. The number of rotatable bonds is 7. The molecule has 0 spiro atoms. The molecule has 1 aromatic heterocycles. The summed E-state index contributed by atoms with van der Waals surface area (Å²) in [5, 5.41) is 12.0. The molecule has 0 saturated carbocycles. The van der Waals surface area contributed by atoms with Crippen LogP contribution >= 0.6 is 11.8 Å². The lowest BCUT2D eigenvalue weighted by molar-refractivity contribution is -0.130. The van der Waals surface area contributed by atoms with Gasteiger partial charge in [0.15, 0.2) is 11.0 Å². The van der Waals surface area contributed by atoms with Crippen molar-refractivity contribution in [1.29, 1.82) is 0 Å². The van der Waals surface area contributed by atoms with Crippen LogP contribution in [0.3, 0.4) is 0 Å². The SMILES string of the molecule is COc1ccc(-c2nnc(SCCCN3C(=O)NC(C)(C)C3=O)n2C)cc1. The van der Waals surface area contributed by atoms with Crippen LogP contribution < -0.4 is 10.1 Å². The van der Waals surface area contributed by atoms with Crippen LogP contribution in [0.15, 0.2) is 29.4 Å². The zero-order valence-corrected chi connectivity index (χ0v) is 16.7. The van der Waals surface area contributed by atoms with E-state index < -0.39 is 5.54 Å². The molecule has 2 heterocycles. The molecule has 1 aromatic carbocycles. The molecule has 0 atom stereocenters. The molecule has 0 aliphatic carbocycles. The van der Waals surface area contributed by atoms with Crippen molar-refractivity contribution in [1.82, 2.24) is 25.0 Å². The first kappa shape index (κ1) is 19.2. The van der Waals surface area contributed by atoms with Gasteiger partial charge >= 0.3 is 6.03 Å². The highest BCUT2D eigenvalue weighted by atomic mass is 32.2. The lowest BCUT2D eigenvalue weighted by atomic mass is 10.1. The Hall–Kier alpha value is -2.55. The molecule has 144 valence electrons. The highest BCUT2D eigenvalue weighted by molar-refractivity contribution is 7.99. The number of benzene rings is 1. The fourth-order valence-corrected chi connectivity index (χ4v) is 3.67. The molecule has 0 bridgehead atoms. The number of amides is 3. The Kier molecular flexibility index (Phi) is 5.41. The molecule has 8 nitrogen and oxygen atoms in total. The summed E-state index contributed by atoms with van der Waals surface area (Å²) < 4.78 is 7.11. The number of carbonyl (C=O) groups is 2. The van der Waals surface area contributed by atoms with Gasteiger partial charge in [0.2, 0.25) is 0 Å². The molecule has 1 fully saturated rings. The van der Waals surface area contributed by atoms with Gasteiger partial charge in [-0.15, -0.1) is 10.2 Å². The van der Waals surface area contributed by atoms with Gasteiger partial charge in [-0.1, -0.05) is 11.8 Å². The minimum absolute atomic E-state index is 0.182. The average Bonchev–Trinajstić information content (AvgIpc) is 3.09. The standard InChI is InChI=1S/C18H23N5O3S/c1-18(2)15(24)23(16(25)19-18)10-5-11-27-17-21-20-14(22(17)3)12-6-8-13(26-4)9-7-12/h6-9H,5,10-11H2,1-4H3,(H,19,25). The van der Waals surface area contributed by atoms with Crippen molar-refractivity contribution in [3.63, 3.8) is 0 Å². The molecular weight excluding hydrogens is 366 g/mol. The average molecular weight is 389 g/mol. The van der Waals surface area contributed by atoms with Crippen LogP contribution in [0.1, 0.15) is 20.3 Å². The van der Waals surface area contributed by atoms with Crippen molar-refractivity contribution in [2.75, 3.05) is 19.4 Å². The number of nitrogens with zero attached hydrogens (tertiary/aromatic N) is 4. The number of ether oxygens (including phenoxy) is 1. The Morgan fingerprint density at radius 1 is 1.19 bits per heavy atom. The number of imide groups is 1. The van der Waals surface area contributed by atoms with Crippen LogP contribution in [0.4, 0.5) is 4.79 Å². The number of methoxy groups -OCH3 is 1. The normalized spacial score (nSPS) is 15.9. The summed E-state index contributed by atoms with van der Waals surface area (Å²) in [5.41, 5.74) is 0.139.